The maximum absolute atomic E-state index is 6.02. The third-order valence-electron chi connectivity index (χ3n) is 3.13. The number of hydrogen-bond donors (Lipinski definition) is 1. The minimum absolute atomic E-state index is 0.653. The summed E-state index contributed by atoms with van der Waals surface area (Å²) >= 11 is 2.28. The summed E-state index contributed by atoms with van der Waals surface area (Å²) in [5.41, 5.74) is 0.969. The lowest BCUT2D eigenvalue weighted by molar-refractivity contribution is 0.466. The van der Waals surface area contributed by atoms with Crippen LogP contribution in [0.15, 0.2) is 54.6 Å². The lowest BCUT2D eigenvalue weighted by Gasteiger charge is -2.10. The number of benzene rings is 2. The van der Waals surface area contributed by atoms with Crippen LogP contribution in [-0.2, 0) is 6.54 Å². The molecule has 106 valence electrons. The van der Waals surface area contributed by atoms with Crippen LogP contribution < -0.4 is 10.1 Å². The minimum Gasteiger partial charge on any atom is -0.438 e. The summed E-state index contributed by atoms with van der Waals surface area (Å²) in [5, 5.41) is 5.29. The summed E-state index contributed by atoms with van der Waals surface area (Å²) in [6, 6.07) is 18.2. The summed E-state index contributed by atoms with van der Waals surface area (Å²) in [7, 11) is 1.91. The number of hydrogen-bond acceptors (Lipinski definition) is 3. The molecule has 0 spiro atoms. The van der Waals surface area contributed by atoms with Crippen molar-refractivity contribution in [3.8, 4) is 11.6 Å². The van der Waals surface area contributed by atoms with Gasteiger partial charge in [-0.3, -0.25) is 0 Å². The smallest absolute Gasteiger partial charge is 0.227 e. The summed E-state index contributed by atoms with van der Waals surface area (Å²) in [6.45, 7) is 0.716. The van der Waals surface area contributed by atoms with Crippen LogP contribution in [0, 0.1) is 3.57 Å². The predicted molar refractivity (Wildman–Crippen MR) is 93.7 cm³/mol. The highest BCUT2D eigenvalue weighted by molar-refractivity contribution is 14.1. The van der Waals surface area contributed by atoms with E-state index in [2.05, 4.69) is 45.0 Å². The Morgan fingerprint density at radius 3 is 2.76 bits per heavy atom. The van der Waals surface area contributed by atoms with E-state index in [-0.39, 0.29) is 0 Å². The number of rotatable bonds is 4. The molecule has 3 rings (SSSR count). The van der Waals surface area contributed by atoms with Gasteiger partial charge in [-0.2, -0.15) is 0 Å². The first-order chi connectivity index (χ1) is 10.3. The zero-order valence-corrected chi connectivity index (χ0v) is 13.8. The third-order valence-corrected chi connectivity index (χ3v) is 3.80. The average molecular weight is 390 g/mol. The van der Waals surface area contributed by atoms with Crippen molar-refractivity contribution in [3.05, 3.63) is 63.9 Å². The van der Waals surface area contributed by atoms with E-state index in [4.69, 9.17) is 4.74 Å². The fourth-order valence-corrected chi connectivity index (χ4v) is 2.73. The molecule has 21 heavy (non-hydrogen) atoms. The molecule has 0 radical (unpaired) electrons. The summed E-state index contributed by atoms with van der Waals surface area (Å²) in [6.07, 6.45) is 0. The number of pyridine rings is 1. The summed E-state index contributed by atoms with van der Waals surface area (Å²) in [5.74, 6) is 1.46. The second kappa shape index (κ2) is 6.41. The van der Waals surface area contributed by atoms with Gasteiger partial charge in [-0.25, -0.2) is 4.98 Å². The number of nitrogens with one attached hydrogen (secondary N) is 1. The van der Waals surface area contributed by atoms with Gasteiger partial charge in [0, 0.05) is 15.5 Å². The van der Waals surface area contributed by atoms with E-state index in [0.717, 1.165) is 25.8 Å². The van der Waals surface area contributed by atoms with Crippen LogP contribution in [0.1, 0.15) is 5.69 Å². The number of aromatic nitrogens is 1. The van der Waals surface area contributed by atoms with Crippen LogP contribution in [0.25, 0.3) is 10.8 Å². The van der Waals surface area contributed by atoms with Gasteiger partial charge in [0.05, 0.1) is 5.69 Å². The molecule has 0 bridgehead atoms. The molecule has 1 N–H and O–H groups in total. The number of fused-ring (bicyclic) bond motifs is 1. The zero-order valence-electron chi connectivity index (χ0n) is 11.6. The molecule has 0 unspecified atom stereocenters. The Hall–Kier alpha value is -1.66. The molecule has 4 heteroatoms. The molecule has 3 aromatic rings. The van der Waals surface area contributed by atoms with Crippen molar-refractivity contribution in [2.75, 3.05) is 7.05 Å². The Morgan fingerprint density at radius 2 is 1.95 bits per heavy atom. The Kier molecular flexibility index (Phi) is 4.36. The van der Waals surface area contributed by atoms with Gasteiger partial charge in [0.2, 0.25) is 5.88 Å². The second-order valence-electron chi connectivity index (χ2n) is 4.73. The maximum Gasteiger partial charge on any atom is 0.227 e. The second-order valence-corrected chi connectivity index (χ2v) is 5.98. The summed E-state index contributed by atoms with van der Waals surface area (Å²) in [4.78, 5) is 4.63. The number of halogens is 1. The molecule has 0 aliphatic heterocycles. The SMILES string of the molecule is CNCc1cc2ccccc2c(Oc2cccc(I)c2)n1. The standard InChI is InChI=1S/C17H15IN2O/c1-19-11-14-9-12-5-2-3-8-16(12)17(20-14)21-15-7-4-6-13(18)10-15/h2-10,19H,11H2,1H3. The zero-order chi connectivity index (χ0) is 14.7. The first-order valence-corrected chi connectivity index (χ1v) is 7.81. The van der Waals surface area contributed by atoms with Crippen LogP contribution in [0.5, 0.6) is 11.6 Å². The quantitative estimate of drug-likeness (QED) is 0.673. The lowest BCUT2D eigenvalue weighted by Crippen LogP contribution is -2.07. The molecule has 0 aliphatic rings. The lowest BCUT2D eigenvalue weighted by atomic mass is 10.1. The van der Waals surface area contributed by atoms with E-state index in [1.54, 1.807) is 0 Å². The fraction of sp³-hybridized carbons (Fsp3) is 0.118. The third kappa shape index (κ3) is 3.33. The highest BCUT2D eigenvalue weighted by atomic mass is 127. The Labute approximate surface area is 137 Å². The first kappa shape index (κ1) is 14.3. The van der Waals surface area contributed by atoms with Crippen LogP contribution in [0.4, 0.5) is 0 Å². The molecule has 1 heterocycles. The monoisotopic (exact) mass is 390 g/mol. The van der Waals surface area contributed by atoms with Crippen molar-refractivity contribution < 1.29 is 4.74 Å². The Bertz CT molecular complexity index is 774. The van der Waals surface area contributed by atoms with Crippen molar-refractivity contribution in [3.63, 3.8) is 0 Å². The molecule has 0 aliphatic carbocycles. The van der Waals surface area contributed by atoms with Gasteiger partial charge in [-0.1, -0.05) is 24.3 Å². The fourth-order valence-electron chi connectivity index (χ4n) is 2.21. The molecule has 1 aromatic heterocycles. The maximum atomic E-state index is 6.02. The van der Waals surface area contributed by atoms with Crippen molar-refractivity contribution in [1.29, 1.82) is 0 Å². The Balaban J connectivity index is 2.07. The van der Waals surface area contributed by atoms with Crippen LogP contribution in [-0.4, -0.2) is 12.0 Å². The molecule has 3 nitrogen and oxygen atoms in total. The van der Waals surface area contributed by atoms with Gasteiger partial charge in [-0.05, 0) is 65.4 Å². The predicted octanol–water partition coefficient (Wildman–Crippen LogP) is 4.35. The van der Waals surface area contributed by atoms with Gasteiger partial charge in [-0.15, -0.1) is 0 Å². The molecule has 0 saturated heterocycles. The van der Waals surface area contributed by atoms with E-state index < -0.39 is 0 Å². The van der Waals surface area contributed by atoms with Crippen LogP contribution in [0.2, 0.25) is 0 Å². The molecule has 0 atom stereocenters. The largest absolute Gasteiger partial charge is 0.438 e. The topological polar surface area (TPSA) is 34.1 Å². The van der Waals surface area contributed by atoms with E-state index in [9.17, 15) is 0 Å². The molecule has 0 saturated carbocycles. The highest BCUT2D eigenvalue weighted by Gasteiger charge is 2.08. The van der Waals surface area contributed by atoms with Crippen molar-refractivity contribution >= 4 is 33.4 Å². The van der Waals surface area contributed by atoms with Gasteiger partial charge < -0.3 is 10.1 Å². The minimum atomic E-state index is 0.653. The molecular formula is C17H15IN2O. The van der Waals surface area contributed by atoms with E-state index in [0.29, 0.717) is 12.4 Å². The van der Waals surface area contributed by atoms with Crippen molar-refractivity contribution in [2.45, 2.75) is 6.54 Å². The van der Waals surface area contributed by atoms with Crippen molar-refractivity contribution in [2.24, 2.45) is 0 Å². The summed E-state index contributed by atoms with van der Waals surface area (Å²) < 4.78 is 7.16. The number of ether oxygens (including phenoxy) is 1. The van der Waals surface area contributed by atoms with Crippen LogP contribution >= 0.6 is 22.6 Å². The average Bonchev–Trinajstić information content (AvgIpc) is 2.48. The molecule has 0 amide bonds. The van der Waals surface area contributed by atoms with Crippen LogP contribution in [0.3, 0.4) is 0 Å². The van der Waals surface area contributed by atoms with Gasteiger partial charge in [0.15, 0.2) is 0 Å². The van der Waals surface area contributed by atoms with Crippen molar-refractivity contribution in [1.82, 2.24) is 10.3 Å². The van der Waals surface area contributed by atoms with Gasteiger partial charge in [0.1, 0.15) is 5.75 Å². The molecule has 2 aromatic carbocycles. The van der Waals surface area contributed by atoms with E-state index >= 15 is 0 Å². The molecule has 0 fully saturated rings. The number of nitrogens with zero attached hydrogens (tertiary/aromatic N) is 1. The van der Waals surface area contributed by atoms with Gasteiger partial charge in [0.25, 0.3) is 0 Å². The Morgan fingerprint density at radius 1 is 1.10 bits per heavy atom. The van der Waals surface area contributed by atoms with E-state index in [1.807, 2.05) is 49.5 Å². The normalized spacial score (nSPS) is 10.8. The first-order valence-electron chi connectivity index (χ1n) is 6.73. The van der Waals surface area contributed by atoms with E-state index in [1.165, 1.54) is 0 Å². The highest BCUT2D eigenvalue weighted by Crippen LogP contribution is 2.29. The van der Waals surface area contributed by atoms with Gasteiger partial charge >= 0.3 is 0 Å². The molecular weight excluding hydrogens is 375 g/mol.